The summed E-state index contributed by atoms with van der Waals surface area (Å²) in [4.78, 5) is 18.7. The third kappa shape index (κ3) is 4.71. The molecule has 0 fully saturated rings. The average molecular weight is 452 g/mol. The van der Waals surface area contributed by atoms with Crippen molar-refractivity contribution in [3.63, 3.8) is 0 Å². The number of benzene rings is 3. The second kappa shape index (κ2) is 9.54. The molecule has 0 aliphatic rings. The number of rotatable bonds is 6. The third-order valence-electron chi connectivity index (χ3n) is 5.09. The van der Waals surface area contributed by atoms with Crippen molar-refractivity contribution in [2.45, 2.75) is 6.54 Å². The van der Waals surface area contributed by atoms with Crippen LogP contribution in [0.25, 0.3) is 11.3 Å². The molecule has 0 atom stereocenters. The predicted molar refractivity (Wildman–Crippen MR) is 132 cm³/mol. The Morgan fingerprint density at radius 1 is 0.848 bits per heavy atom. The molecule has 2 aromatic heterocycles. The molecule has 0 radical (unpaired) electrons. The van der Waals surface area contributed by atoms with Gasteiger partial charge in [-0.3, -0.25) is 4.79 Å². The number of hydrogen-bond donors (Lipinski definition) is 1. The van der Waals surface area contributed by atoms with Crippen LogP contribution >= 0.6 is 11.3 Å². The molecule has 0 saturated heterocycles. The summed E-state index contributed by atoms with van der Waals surface area (Å²) in [5.41, 5.74) is 3.31. The lowest BCUT2D eigenvalue weighted by molar-refractivity contribution is 0.102. The quantitative estimate of drug-likeness (QED) is 0.327. The number of carbonyl (C=O) groups is 1. The highest BCUT2D eigenvalue weighted by Crippen LogP contribution is 2.32. The van der Waals surface area contributed by atoms with E-state index in [1.165, 1.54) is 11.3 Å². The molecule has 0 bridgehead atoms. The summed E-state index contributed by atoms with van der Waals surface area (Å²) in [6.07, 6.45) is 1.66. The van der Waals surface area contributed by atoms with Crippen LogP contribution in [0.5, 0.6) is 0 Å². The van der Waals surface area contributed by atoms with E-state index in [0.29, 0.717) is 12.1 Å². The maximum absolute atomic E-state index is 13.0. The van der Waals surface area contributed by atoms with Crippen LogP contribution in [-0.2, 0) is 6.54 Å². The topological polar surface area (TPSA) is 59.5 Å². The number of amides is 1. The molecule has 0 aliphatic heterocycles. The van der Waals surface area contributed by atoms with Gasteiger partial charge in [0.25, 0.3) is 5.91 Å². The molecule has 3 aromatic carbocycles. The molecule has 0 aliphatic carbocycles. The molecule has 5 aromatic rings. The van der Waals surface area contributed by atoms with E-state index in [1.54, 1.807) is 18.4 Å². The SMILES string of the molecule is O=C(Nc1sc(=Nc2ccccc2)n(Cc2ccco2)c1-c1ccccc1)c1ccccc1. The summed E-state index contributed by atoms with van der Waals surface area (Å²) in [5, 5.41) is 3.85. The van der Waals surface area contributed by atoms with Gasteiger partial charge in [0.05, 0.1) is 24.2 Å². The molecule has 0 spiro atoms. The standard InChI is InChI=1S/C27H21N3O2S/c31-25(21-13-6-2-7-14-21)29-26-24(20-11-4-1-5-12-20)30(19-23-17-10-18-32-23)27(33-26)28-22-15-8-3-9-16-22/h1-18H,19H2,(H,29,31). The maximum Gasteiger partial charge on any atom is 0.256 e. The second-order valence-electron chi connectivity index (χ2n) is 7.36. The van der Waals surface area contributed by atoms with Crippen LogP contribution in [0.1, 0.15) is 16.1 Å². The van der Waals surface area contributed by atoms with Gasteiger partial charge in [0.15, 0.2) is 4.80 Å². The average Bonchev–Trinajstić information content (AvgIpc) is 3.49. The lowest BCUT2D eigenvalue weighted by Gasteiger charge is -2.11. The molecule has 0 unspecified atom stereocenters. The number of nitrogens with zero attached hydrogens (tertiary/aromatic N) is 2. The highest BCUT2D eigenvalue weighted by atomic mass is 32.1. The fraction of sp³-hybridized carbons (Fsp3) is 0.0370. The minimum absolute atomic E-state index is 0.162. The number of hydrogen-bond acceptors (Lipinski definition) is 4. The maximum atomic E-state index is 13.0. The molecule has 5 nitrogen and oxygen atoms in total. The lowest BCUT2D eigenvalue weighted by Crippen LogP contribution is -2.17. The monoisotopic (exact) mass is 451 g/mol. The largest absolute Gasteiger partial charge is 0.467 e. The van der Waals surface area contributed by atoms with Crippen molar-refractivity contribution in [1.82, 2.24) is 4.57 Å². The molecule has 1 N–H and O–H groups in total. The summed E-state index contributed by atoms with van der Waals surface area (Å²) in [6, 6.07) is 32.8. The molecule has 6 heteroatoms. The smallest absolute Gasteiger partial charge is 0.256 e. The Kier molecular flexibility index (Phi) is 5.99. The van der Waals surface area contributed by atoms with Crippen LogP contribution in [0.3, 0.4) is 0 Å². The van der Waals surface area contributed by atoms with Gasteiger partial charge in [0, 0.05) is 11.1 Å². The Bertz CT molecular complexity index is 1410. The Hall–Kier alpha value is -4.16. The van der Waals surface area contributed by atoms with E-state index in [1.807, 2.05) is 91.0 Å². The van der Waals surface area contributed by atoms with E-state index in [0.717, 1.165) is 32.5 Å². The van der Waals surface area contributed by atoms with Crippen molar-refractivity contribution in [2.24, 2.45) is 4.99 Å². The van der Waals surface area contributed by atoms with E-state index in [4.69, 9.17) is 9.41 Å². The fourth-order valence-corrected chi connectivity index (χ4v) is 4.61. The minimum atomic E-state index is -0.162. The zero-order chi connectivity index (χ0) is 22.5. The molecule has 1 amide bonds. The second-order valence-corrected chi connectivity index (χ2v) is 8.34. The molecule has 2 heterocycles. The van der Waals surface area contributed by atoms with Gasteiger partial charge in [-0.1, -0.05) is 78.1 Å². The summed E-state index contributed by atoms with van der Waals surface area (Å²) >= 11 is 1.44. The van der Waals surface area contributed by atoms with Crippen molar-refractivity contribution in [2.75, 3.05) is 5.32 Å². The molecule has 162 valence electrons. The van der Waals surface area contributed by atoms with Crippen LogP contribution in [0, 0.1) is 0 Å². The predicted octanol–water partition coefficient (Wildman–Crippen LogP) is 6.34. The van der Waals surface area contributed by atoms with Crippen LogP contribution in [-0.4, -0.2) is 10.5 Å². The van der Waals surface area contributed by atoms with Crippen LogP contribution in [0.15, 0.2) is 119 Å². The molecule has 0 saturated carbocycles. The highest BCUT2D eigenvalue weighted by molar-refractivity contribution is 7.14. The summed E-state index contributed by atoms with van der Waals surface area (Å²) in [5.74, 6) is 0.644. The van der Waals surface area contributed by atoms with Gasteiger partial charge < -0.3 is 14.3 Å². The van der Waals surface area contributed by atoms with Crippen LogP contribution in [0.2, 0.25) is 0 Å². The number of anilines is 1. The van der Waals surface area contributed by atoms with Gasteiger partial charge >= 0.3 is 0 Å². The van der Waals surface area contributed by atoms with Crippen molar-refractivity contribution in [3.05, 3.63) is 126 Å². The normalized spacial score (nSPS) is 11.5. The van der Waals surface area contributed by atoms with Crippen molar-refractivity contribution in [3.8, 4) is 11.3 Å². The number of carbonyl (C=O) groups excluding carboxylic acids is 1. The molecule has 33 heavy (non-hydrogen) atoms. The number of aromatic nitrogens is 1. The van der Waals surface area contributed by atoms with Gasteiger partial charge in [0.1, 0.15) is 10.8 Å². The summed E-state index contributed by atoms with van der Waals surface area (Å²) in [6.45, 7) is 0.487. The fourth-order valence-electron chi connectivity index (χ4n) is 3.55. The lowest BCUT2D eigenvalue weighted by atomic mass is 10.1. The van der Waals surface area contributed by atoms with E-state index in [-0.39, 0.29) is 5.91 Å². The van der Waals surface area contributed by atoms with Crippen LogP contribution in [0.4, 0.5) is 10.7 Å². The summed E-state index contributed by atoms with van der Waals surface area (Å²) < 4.78 is 7.74. The molecule has 5 rings (SSSR count). The van der Waals surface area contributed by atoms with Gasteiger partial charge in [-0.2, -0.15) is 0 Å². The van der Waals surface area contributed by atoms with Gasteiger partial charge in [-0.05, 0) is 36.4 Å². The molecular formula is C27H21N3O2S. The van der Waals surface area contributed by atoms with Crippen molar-refractivity contribution in [1.29, 1.82) is 0 Å². The van der Waals surface area contributed by atoms with Gasteiger partial charge in [0.2, 0.25) is 0 Å². The van der Waals surface area contributed by atoms with Gasteiger partial charge in [-0.15, -0.1) is 0 Å². The van der Waals surface area contributed by atoms with E-state index < -0.39 is 0 Å². The molecular weight excluding hydrogens is 430 g/mol. The first-order chi connectivity index (χ1) is 16.3. The Balaban J connectivity index is 1.69. The first-order valence-electron chi connectivity index (χ1n) is 10.6. The third-order valence-corrected chi connectivity index (χ3v) is 6.09. The van der Waals surface area contributed by atoms with Gasteiger partial charge in [-0.25, -0.2) is 4.99 Å². The van der Waals surface area contributed by atoms with E-state index in [9.17, 15) is 4.79 Å². The highest BCUT2D eigenvalue weighted by Gasteiger charge is 2.19. The zero-order valence-corrected chi connectivity index (χ0v) is 18.5. The van der Waals surface area contributed by atoms with E-state index >= 15 is 0 Å². The van der Waals surface area contributed by atoms with Crippen molar-refractivity contribution < 1.29 is 9.21 Å². The van der Waals surface area contributed by atoms with Crippen molar-refractivity contribution >= 4 is 27.9 Å². The minimum Gasteiger partial charge on any atom is -0.467 e. The Labute approximate surface area is 195 Å². The Morgan fingerprint density at radius 2 is 1.52 bits per heavy atom. The van der Waals surface area contributed by atoms with Crippen LogP contribution < -0.4 is 10.1 Å². The number of thiazole rings is 1. The first-order valence-corrected chi connectivity index (χ1v) is 11.4. The Morgan fingerprint density at radius 3 is 2.18 bits per heavy atom. The number of nitrogens with one attached hydrogen (secondary N) is 1. The first kappa shape index (κ1) is 20.7. The number of furan rings is 1. The van der Waals surface area contributed by atoms with E-state index in [2.05, 4.69) is 9.88 Å². The summed E-state index contributed by atoms with van der Waals surface area (Å²) in [7, 11) is 0. The zero-order valence-electron chi connectivity index (χ0n) is 17.7. The number of para-hydroxylation sites is 1.